The minimum absolute atomic E-state index is 0.137. The second-order valence-electron chi connectivity index (χ2n) is 4.73. The Morgan fingerprint density at radius 1 is 1.26 bits per heavy atom. The third kappa shape index (κ3) is 4.06. The maximum Gasteiger partial charge on any atom is 0.359 e. The van der Waals surface area contributed by atoms with E-state index in [0.717, 1.165) is 18.4 Å². The zero-order chi connectivity index (χ0) is 13.7. The number of aryl methyl sites for hydroxylation is 1. The van der Waals surface area contributed by atoms with Crippen molar-refractivity contribution in [2.75, 3.05) is 6.61 Å². The number of hydrogen-bond donors (Lipinski definition) is 0. The highest BCUT2D eigenvalue weighted by atomic mass is 19.3. The minimum atomic E-state index is -3.05. The van der Waals surface area contributed by atoms with Crippen LogP contribution in [0, 0.1) is 0 Å². The molecule has 1 aliphatic heterocycles. The highest BCUT2D eigenvalue weighted by Crippen LogP contribution is 2.29. The topological polar surface area (TPSA) is 35.0 Å². The van der Waals surface area contributed by atoms with Crippen molar-refractivity contribution < 1.29 is 13.5 Å². The molecular weight excluding hydrogens is 250 g/mol. The molecule has 1 aromatic rings. The lowest BCUT2D eigenvalue weighted by atomic mass is 10.1. The van der Waals surface area contributed by atoms with Gasteiger partial charge in [-0.15, -0.1) is 0 Å². The third-order valence-electron chi connectivity index (χ3n) is 3.09. The van der Waals surface area contributed by atoms with Crippen LogP contribution in [0.1, 0.15) is 44.0 Å². The van der Waals surface area contributed by atoms with Gasteiger partial charge in [-0.3, -0.25) is 0 Å². The van der Waals surface area contributed by atoms with E-state index in [1.54, 1.807) is 12.4 Å². The standard InChI is InChI=1S/C14H18F2N2O/c1-2-3-4-5-11-8-17-13(18-9-11)12-6-7-14(15,16)19-10-12/h6,8-9H,2-5,7,10H2,1H3. The molecule has 0 saturated carbocycles. The average Bonchev–Trinajstić information content (AvgIpc) is 2.40. The Morgan fingerprint density at radius 3 is 2.58 bits per heavy atom. The quantitative estimate of drug-likeness (QED) is 0.765. The zero-order valence-corrected chi connectivity index (χ0v) is 11.0. The van der Waals surface area contributed by atoms with Crippen LogP contribution in [0.5, 0.6) is 0 Å². The van der Waals surface area contributed by atoms with E-state index < -0.39 is 12.5 Å². The van der Waals surface area contributed by atoms with Gasteiger partial charge in [0.1, 0.15) is 0 Å². The summed E-state index contributed by atoms with van der Waals surface area (Å²) < 4.78 is 30.1. The number of nitrogens with zero attached hydrogens (tertiary/aromatic N) is 2. The van der Waals surface area contributed by atoms with Crippen LogP contribution in [0.4, 0.5) is 8.78 Å². The van der Waals surface area contributed by atoms with Gasteiger partial charge in [0.2, 0.25) is 0 Å². The van der Waals surface area contributed by atoms with Gasteiger partial charge < -0.3 is 4.74 Å². The molecule has 0 bridgehead atoms. The fourth-order valence-corrected chi connectivity index (χ4v) is 1.93. The third-order valence-corrected chi connectivity index (χ3v) is 3.09. The van der Waals surface area contributed by atoms with Crippen LogP contribution in [0.2, 0.25) is 0 Å². The fourth-order valence-electron chi connectivity index (χ4n) is 1.93. The first-order chi connectivity index (χ1) is 9.11. The first-order valence-electron chi connectivity index (χ1n) is 6.63. The smallest absolute Gasteiger partial charge is 0.315 e. The van der Waals surface area contributed by atoms with Crippen LogP contribution in [0.25, 0.3) is 5.57 Å². The summed E-state index contributed by atoms with van der Waals surface area (Å²) >= 11 is 0. The van der Waals surface area contributed by atoms with Gasteiger partial charge in [0.05, 0.1) is 13.0 Å². The van der Waals surface area contributed by atoms with E-state index >= 15 is 0 Å². The van der Waals surface area contributed by atoms with Crippen LogP contribution in [-0.4, -0.2) is 22.7 Å². The molecule has 0 saturated heterocycles. The summed E-state index contributed by atoms with van der Waals surface area (Å²) in [6.45, 7) is 2.02. The number of rotatable bonds is 5. The second-order valence-corrected chi connectivity index (χ2v) is 4.73. The molecule has 0 aromatic carbocycles. The van der Waals surface area contributed by atoms with Gasteiger partial charge in [0, 0.05) is 18.0 Å². The predicted octanol–water partition coefficient (Wildman–Crippen LogP) is 3.61. The van der Waals surface area contributed by atoms with Gasteiger partial charge in [0.25, 0.3) is 0 Å². The molecule has 3 nitrogen and oxygen atoms in total. The normalized spacial score (nSPS) is 18.2. The molecule has 0 unspecified atom stereocenters. The number of hydrogen-bond acceptors (Lipinski definition) is 3. The molecule has 0 radical (unpaired) electrons. The molecule has 0 spiro atoms. The van der Waals surface area contributed by atoms with Gasteiger partial charge in [-0.1, -0.05) is 25.8 Å². The number of ether oxygens (including phenoxy) is 1. The lowest BCUT2D eigenvalue weighted by molar-refractivity contribution is -0.231. The number of alkyl halides is 2. The van der Waals surface area contributed by atoms with Crippen molar-refractivity contribution in [3.05, 3.63) is 29.9 Å². The van der Waals surface area contributed by atoms with E-state index in [9.17, 15) is 8.78 Å². The van der Waals surface area contributed by atoms with Crippen molar-refractivity contribution in [1.82, 2.24) is 9.97 Å². The Labute approximate surface area is 111 Å². The summed E-state index contributed by atoms with van der Waals surface area (Å²) in [5.41, 5.74) is 1.71. The Kier molecular flexibility index (Phi) is 4.58. The summed E-state index contributed by atoms with van der Waals surface area (Å²) in [6, 6.07) is 0. The van der Waals surface area contributed by atoms with Crippen molar-refractivity contribution in [2.45, 2.75) is 45.1 Å². The second kappa shape index (κ2) is 6.19. The van der Waals surface area contributed by atoms with Crippen molar-refractivity contribution in [1.29, 1.82) is 0 Å². The van der Waals surface area contributed by atoms with E-state index in [1.807, 2.05) is 0 Å². The highest BCUT2D eigenvalue weighted by Gasteiger charge is 2.32. The van der Waals surface area contributed by atoms with Crippen molar-refractivity contribution in [3.8, 4) is 0 Å². The molecule has 5 heteroatoms. The van der Waals surface area contributed by atoms with E-state index in [-0.39, 0.29) is 6.61 Å². The van der Waals surface area contributed by atoms with Crippen molar-refractivity contribution >= 4 is 5.57 Å². The Morgan fingerprint density at radius 2 is 2.00 bits per heavy atom. The molecule has 0 fully saturated rings. The van der Waals surface area contributed by atoms with Gasteiger partial charge in [0.15, 0.2) is 5.82 Å². The predicted molar refractivity (Wildman–Crippen MR) is 68.8 cm³/mol. The van der Waals surface area contributed by atoms with Crippen LogP contribution in [0.3, 0.4) is 0 Å². The number of aromatic nitrogens is 2. The zero-order valence-electron chi connectivity index (χ0n) is 11.0. The van der Waals surface area contributed by atoms with E-state index in [0.29, 0.717) is 11.4 Å². The molecule has 104 valence electrons. The summed E-state index contributed by atoms with van der Waals surface area (Å²) in [7, 11) is 0. The highest BCUT2D eigenvalue weighted by molar-refractivity contribution is 5.61. The Balaban J connectivity index is 1.97. The van der Waals surface area contributed by atoms with Gasteiger partial charge in [-0.2, -0.15) is 8.78 Å². The summed E-state index contributed by atoms with van der Waals surface area (Å²) in [5.74, 6) is 0.481. The lowest BCUT2D eigenvalue weighted by Crippen LogP contribution is -2.25. The first-order valence-corrected chi connectivity index (χ1v) is 6.63. The Hall–Kier alpha value is -1.36. The molecule has 0 atom stereocenters. The Bertz CT molecular complexity index is 443. The van der Waals surface area contributed by atoms with E-state index in [1.165, 1.54) is 18.9 Å². The van der Waals surface area contributed by atoms with E-state index in [2.05, 4.69) is 21.6 Å². The molecule has 0 amide bonds. The van der Waals surface area contributed by atoms with Crippen LogP contribution in [-0.2, 0) is 11.2 Å². The van der Waals surface area contributed by atoms with Crippen LogP contribution < -0.4 is 0 Å². The maximum absolute atomic E-state index is 12.8. The molecule has 19 heavy (non-hydrogen) atoms. The monoisotopic (exact) mass is 268 g/mol. The SMILES string of the molecule is CCCCCc1cnc(C2=CCC(F)(F)OC2)nc1. The van der Waals surface area contributed by atoms with Crippen LogP contribution >= 0.6 is 0 Å². The molecular formula is C14H18F2N2O. The molecule has 1 aliphatic rings. The average molecular weight is 268 g/mol. The van der Waals surface area contributed by atoms with Crippen molar-refractivity contribution in [2.24, 2.45) is 0 Å². The minimum Gasteiger partial charge on any atom is -0.315 e. The first kappa shape index (κ1) is 14.1. The molecule has 1 aromatic heterocycles. The number of halogens is 2. The molecule has 0 N–H and O–H groups in total. The lowest BCUT2D eigenvalue weighted by Gasteiger charge is -2.21. The summed E-state index contributed by atoms with van der Waals surface area (Å²) in [6.07, 6.45) is 5.98. The van der Waals surface area contributed by atoms with Gasteiger partial charge in [-0.25, -0.2) is 9.97 Å². The van der Waals surface area contributed by atoms with Gasteiger partial charge in [-0.05, 0) is 18.4 Å². The molecule has 0 aliphatic carbocycles. The largest absolute Gasteiger partial charge is 0.359 e. The van der Waals surface area contributed by atoms with Crippen molar-refractivity contribution in [3.63, 3.8) is 0 Å². The summed E-state index contributed by atoms with van der Waals surface area (Å²) in [5, 5.41) is 0. The fraction of sp³-hybridized carbons (Fsp3) is 0.571. The molecule has 2 heterocycles. The van der Waals surface area contributed by atoms with Gasteiger partial charge >= 0.3 is 6.11 Å². The number of unbranched alkanes of at least 4 members (excludes halogenated alkanes) is 2. The summed E-state index contributed by atoms with van der Waals surface area (Å²) in [4.78, 5) is 8.45. The molecule has 2 rings (SSSR count). The van der Waals surface area contributed by atoms with E-state index in [4.69, 9.17) is 0 Å². The van der Waals surface area contributed by atoms with Crippen LogP contribution in [0.15, 0.2) is 18.5 Å². The maximum atomic E-state index is 12.8.